The zero-order chi connectivity index (χ0) is 22.9. The molecule has 1 atom stereocenters. The molecular formula is C25H24F2N4O2. The van der Waals surface area contributed by atoms with Crippen LogP contribution in [0.1, 0.15) is 35.7 Å². The number of nitrogens with zero attached hydrogens (tertiary/aromatic N) is 4. The molecule has 0 bridgehead atoms. The fourth-order valence-corrected chi connectivity index (χ4v) is 4.45. The standard InChI is InChI=1S/C25H24F2N4O2/c1-16-13-30(15-28-16)22-6-5-17(9-24(22)32-2)8-18-4-3-7-31-23(14-33-29-25(18)31)19-10-20(26)12-21(27)11-19/h5-6,8-13,15,23H,3-4,7,14H2,1-2H3/b18-8+. The van der Waals surface area contributed by atoms with Crippen molar-refractivity contribution in [3.8, 4) is 11.4 Å². The van der Waals surface area contributed by atoms with Crippen LogP contribution in [-0.2, 0) is 4.84 Å². The van der Waals surface area contributed by atoms with Gasteiger partial charge in [0.05, 0.1) is 30.9 Å². The number of piperidine rings is 1. The van der Waals surface area contributed by atoms with Crippen LogP contribution in [0.2, 0.25) is 0 Å². The number of fused-ring (bicyclic) bond motifs is 1. The Bertz CT molecular complexity index is 1230. The highest BCUT2D eigenvalue weighted by atomic mass is 19.1. The lowest BCUT2D eigenvalue weighted by molar-refractivity contribution is 0.0573. The van der Waals surface area contributed by atoms with E-state index >= 15 is 0 Å². The van der Waals surface area contributed by atoms with E-state index in [4.69, 9.17) is 9.57 Å². The van der Waals surface area contributed by atoms with Crippen molar-refractivity contribution in [3.63, 3.8) is 0 Å². The Hall–Kier alpha value is -3.68. The number of aryl methyl sites for hydroxylation is 1. The van der Waals surface area contributed by atoms with Gasteiger partial charge in [0.25, 0.3) is 0 Å². The van der Waals surface area contributed by atoms with Crippen LogP contribution in [0.25, 0.3) is 11.8 Å². The van der Waals surface area contributed by atoms with E-state index < -0.39 is 11.6 Å². The van der Waals surface area contributed by atoms with Crippen molar-refractivity contribution in [3.05, 3.63) is 83.0 Å². The van der Waals surface area contributed by atoms with Gasteiger partial charge in [0, 0.05) is 18.8 Å². The topological polar surface area (TPSA) is 51.9 Å². The maximum absolute atomic E-state index is 13.8. The number of methoxy groups -OCH3 is 1. The van der Waals surface area contributed by atoms with E-state index in [2.05, 4.69) is 21.1 Å². The van der Waals surface area contributed by atoms with E-state index in [0.29, 0.717) is 11.4 Å². The van der Waals surface area contributed by atoms with Gasteiger partial charge in [-0.15, -0.1) is 0 Å². The van der Waals surface area contributed by atoms with Gasteiger partial charge in [-0.05, 0) is 66.8 Å². The number of halogens is 2. The van der Waals surface area contributed by atoms with Crippen LogP contribution < -0.4 is 4.74 Å². The van der Waals surface area contributed by atoms with Crippen molar-refractivity contribution < 1.29 is 18.4 Å². The van der Waals surface area contributed by atoms with Gasteiger partial charge in [0.2, 0.25) is 0 Å². The van der Waals surface area contributed by atoms with Crippen molar-refractivity contribution in [2.75, 3.05) is 20.3 Å². The Morgan fingerprint density at radius 3 is 2.70 bits per heavy atom. The van der Waals surface area contributed by atoms with Gasteiger partial charge in [-0.25, -0.2) is 13.8 Å². The predicted octanol–water partition coefficient (Wildman–Crippen LogP) is 5.03. The number of rotatable bonds is 4. The summed E-state index contributed by atoms with van der Waals surface area (Å²) in [6.07, 6.45) is 7.50. The first-order chi connectivity index (χ1) is 16.0. The zero-order valence-electron chi connectivity index (χ0n) is 18.5. The number of amidine groups is 1. The second-order valence-corrected chi connectivity index (χ2v) is 8.25. The Morgan fingerprint density at radius 1 is 1.15 bits per heavy atom. The summed E-state index contributed by atoms with van der Waals surface area (Å²) in [6, 6.07) is 9.28. The molecule has 3 heterocycles. The molecule has 1 fully saturated rings. The molecule has 1 saturated heterocycles. The minimum absolute atomic E-state index is 0.243. The second-order valence-electron chi connectivity index (χ2n) is 8.25. The normalized spacial score (nSPS) is 19.2. The number of oxime groups is 1. The number of ether oxygens (including phenoxy) is 1. The summed E-state index contributed by atoms with van der Waals surface area (Å²) in [4.78, 5) is 11.9. The first kappa shape index (κ1) is 21.2. The van der Waals surface area contributed by atoms with Crippen molar-refractivity contribution in [2.45, 2.75) is 25.8 Å². The molecule has 2 aliphatic rings. The molecule has 170 valence electrons. The molecule has 8 heteroatoms. The van der Waals surface area contributed by atoms with Crippen molar-refractivity contribution in [1.29, 1.82) is 0 Å². The van der Waals surface area contributed by atoms with E-state index in [1.54, 1.807) is 13.4 Å². The van der Waals surface area contributed by atoms with Crippen molar-refractivity contribution in [2.24, 2.45) is 5.16 Å². The van der Waals surface area contributed by atoms with Crippen molar-refractivity contribution in [1.82, 2.24) is 14.5 Å². The van der Waals surface area contributed by atoms with Gasteiger partial charge >= 0.3 is 0 Å². The molecule has 0 amide bonds. The third-order valence-corrected chi connectivity index (χ3v) is 5.97. The number of aromatic nitrogens is 2. The van der Waals surface area contributed by atoms with E-state index in [-0.39, 0.29) is 12.6 Å². The first-order valence-corrected chi connectivity index (χ1v) is 10.8. The summed E-state index contributed by atoms with van der Waals surface area (Å²) in [5.41, 5.74) is 4.34. The molecule has 6 nitrogen and oxygen atoms in total. The summed E-state index contributed by atoms with van der Waals surface area (Å²) in [7, 11) is 1.64. The van der Waals surface area contributed by atoms with Gasteiger partial charge < -0.3 is 19.0 Å². The molecule has 1 aromatic heterocycles. The first-order valence-electron chi connectivity index (χ1n) is 10.8. The molecular weight excluding hydrogens is 426 g/mol. The number of benzene rings is 2. The van der Waals surface area contributed by atoms with Crippen LogP contribution in [-0.4, -0.2) is 40.5 Å². The molecule has 2 aromatic carbocycles. The molecule has 0 aliphatic carbocycles. The van der Waals surface area contributed by atoms with Crippen LogP contribution in [0.15, 0.2) is 59.7 Å². The van der Waals surface area contributed by atoms with Crippen LogP contribution in [0.5, 0.6) is 5.75 Å². The van der Waals surface area contributed by atoms with E-state index in [1.165, 1.54) is 12.1 Å². The molecule has 1 unspecified atom stereocenters. The Balaban J connectivity index is 1.46. The van der Waals surface area contributed by atoms with Gasteiger partial charge in [-0.2, -0.15) is 0 Å². The van der Waals surface area contributed by atoms with Crippen LogP contribution >= 0.6 is 0 Å². The smallest absolute Gasteiger partial charge is 0.172 e. The lowest BCUT2D eigenvalue weighted by atomic mass is 9.96. The Kier molecular flexibility index (Phi) is 5.58. The largest absolute Gasteiger partial charge is 0.495 e. The van der Waals surface area contributed by atoms with Crippen molar-refractivity contribution >= 4 is 11.9 Å². The maximum Gasteiger partial charge on any atom is 0.172 e. The fraction of sp³-hybridized carbons (Fsp3) is 0.280. The summed E-state index contributed by atoms with van der Waals surface area (Å²) in [5.74, 6) is 0.240. The summed E-state index contributed by atoms with van der Waals surface area (Å²) in [6.45, 7) is 2.92. The van der Waals surface area contributed by atoms with Crippen LogP contribution in [0.4, 0.5) is 8.78 Å². The van der Waals surface area contributed by atoms with Crippen LogP contribution in [0, 0.1) is 18.6 Å². The highest BCUT2D eigenvalue weighted by Gasteiger charge is 2.33. The highest BCUT2D eigenvalue weighted by Crippen LogP contribution is 2.34. The van der Waals surface area contributed by atoms with Gasteiger partial charge in [-0.1, -0.05) is 11.2 Å². The fourth-order valence-electron chi connectivity index (χ4n) is 4.45. The average molecular weight is 450 g/mol. The third-order valence-electron chi connectivity index (χ3n) is 5.97. The Morgan fingerprint density at radius 2 is 1.97 bits per heavy atom. The lowest BCUT2D eigenvalue weighted by Gasteiger charge is -2.40. The quantitative estimate of drug-likeness (QED) is 0.559. The lowest BCUT2D eigenvalue weighted by Crippen LogP contribution is -2.44. The third kappa shape index (κ3) is 4.20. The van der Waals surface area contributed by atoms with Gasteiger partial charge in [0.1, 0.15) is 24.0 Å². The van der Waals surface area contributed by atoms with E-state index in [0.717, 1.165) is 53.7 Å². The average Bonchev–Trinajstić information content (AvgIpc) is 3.24. The summed E-state index contributed by atoms with van der Waals surface area (Å²) in [5, 5.41) is 4.30. The van der Waals surface area contributed by atoms with E-state index in [9.17, 15) is 8.78 Å². The molecule has 33 heavy (non-hydrogen) atoms. The second kappa shape index (κ2) is 8.69. The number of hydrogen-bond donors (Lipinski definition) is 0. The number of imidazole rings is 1. The molecule has 0 radical (unpaired) electrons. The zero-order valence-corrected chi connectivity index (χ0v) is 18.5. The van der Waals surface area contributed by atoms with Crippen LogP contribution in [0.3, 0.4) is 0 Å². The molecule has 0 N–H and O–H groups in total. The molecule has 5 rings (SSSR count). The molecule has 2 aliphatic heterocycles. The Labute approximate surface area is 190 Å². The molecule has 0 spiro atoms. The number of hydrogen-bond acceptors (Lipinski definition) is 5. The van der Waals surface area contributed by atoms with Gasteiger partial charge in [-0.3, -0.25) is 0 Å². The predicted molar refractivity (Wildman–Crippen MR) is 121 cm³/mol. The van der Waals surface area contributed by atoms with E-state index in [1.807, 2.05) is 35.9 Å². The minimum atomic E-state index is -0.595. The highest BCUT2D eigenvalue weighted by molar-refractivity contribution is 6.03. The monoisotopic (exact) mass is 450 g/mol. The molecule has 0 saturated carbocycles. The molecule has 3 aromatic rings. The SMILES string of the molecule is COc1cc(/C=C2\CCCN3C2=NOCC3c2cc(F)cc(F)c2)ccc1-n1cnc(C)c1. The maximum atomic E-state index is 13.8. The summed E-state index contributed by atoms with van der Waals surface area (Å²) < 4.78 is 35.2. The minimum Gasteiger partial charge on any atom is -0.495 e. The summed E-state index contributed by atoms with van der Waals surface area (Å²) >= 11 is 0. The van der Waals surface area contributed by atoms with Gasteiger partial charge in [0.15, 0.2) is 5.84 Å².